The Hall–Kier alpha value is -1.04. The quantitative estimate of drug-likeness (QED) is 0.664. The molecule has 0 aromatic heterocycles. The fraction of sp³-hybridized carbons (Fsp3) is 0.625. The Kier molecular flexibility index (Phi) is 5.22. The smallest absolute Gasteiger partial charge is 0.368 e. The van der Waals surface area contributed by atoms with Gasteiger partial charge in [0.15, 0.2) is 0 Å². The molecule has 0 radical (unpaired) electrons. The molecule has 14 heavy (non-hydrogen) atoms. The van der Waals surface area contributed by atoms with E-state index in [0.717, 1.165) is 6.08 Å². The van der Waals surface area contributed by atoms with Crippen molar-refractivity contribution in [3.8, 4) is 0 Å². The molecule has 0 saturated carbocycles. The van der Waals surface area contributed by atoms with Crippen molar-refractivity contribution in [2.24, 2.45) is 5.73 Å². The van der Waals surface area contributed by atoms with E-state index in [0.29, 0.717) is 6.42 Å². The number of primary amides is 1. The number of alkyl halides is 3. The summed E-state index contributed by atoms with van der Waals surface area (Å²) in [5, 5.41) is 2.58. The van der Waals surface area contributed by atoms with E-state index in [1.54, 1.807) is 6.92 Å². The van der Waals surface area contributed by atoms with Crippen LogP contribution in [0.5, 0.6) is 0 Å². The molecule has 6 heteroatoms. The van der Waals surface area contributed by atoms with Gasteiger partial charge in [0.25, 0.3) is 0 Å². The van der Waals surface area contributed by atoms with Gasteiger partial charge in [-0.15, -0.1) is 0 Å². The van der Waals surface area contributed by atoms with Crippen molar-refractivity contribution in [3.63, 3.8) is 0 Å². The Morgan fingerprint density at radius 1 is 1.57 bits per heavy atom. The molecular formula is C8H13F3N2O. The van der Waals surface area contributed by atoms with Crippen molar-refractivity contribution in [2.45, 2.75) is 25.6 Å². The summed E-state index contributed by atoms with van der Waals surface area (Å²) in [7, 11) is 0. The second kappa shape index (κ2) is 5.64. The Balaban J connectivity index is 3.83. The van der Waals surface area contributed by atoms with Gasteiger partial charge in [-0.25, -0.2) is 0 Å². The van der Waals surface area contributed by atoms with E-state index in [-0.39, 0.29) is 12.6 Å². The average Bonchev–Trinajstić information content (AvgIpc) is 2.01. The number of nitrogens with one attached hydrogen (secondary N) is 1. The first-order valence-corrected chi connectivity index (χ1v) is 4.14. The molecule has 1 amide bonds. The third kappa shape index (κ3) is 6.47. The number of hydrogen-bond donors (Lipinski definition) is 2. The summed E-state index contributed by atoms with van der Waals surface area (Å²) in [6.45, 7) is 1.69. The molecule has 0 aliphatic carbocycles. The second-order valence-corrected chi connectivity index (χ2v) is 2.72. The van der Waals surface area contributed by atoms with E-state index in [1.165, 1.54) is 0 Å². The van der Waals surface area contributed by atoms with Crippen molar-refractivity contribution in [2.75, 3.05) is 6.54 Å². The van der Waals surface area contributed by atoms with Crippen LogP contribution in [0.15, 0.2) is 12.2 Å². The predicted octanol–water partition coefficient (Wildman–Crippen LogP) is 0.958. The average molecular weight is 210 g/mol. The number of rotatable bonds is 5. The lowest BCUT2D eigenvalue weighted by molar-refractivity contribution is -0.120. The molecule has 0 heterocycles. The highest BCUT2D eigenvalue weighted by Gasteiger charge is 2.21. The molecule has 0 spiro atoms. The maximum Gasteiger partial charge on any atom is 0.409 e. The van der Waals surface area contributed by atoms with Crippen LogP contribution in [0.1, 0.15) is 13.3 Å². The molecule has 1 atom stereocenters. The maximum absolute atomic E-state index is 11.6. The summed E-state index contributed by atoms with van der Waals surface area (Å²) < 4.78 is 34.8. The highest BCUT2D eigenvalue weighted by Crippen LogP contribution is 2.15. The molecule has 3 N–H and O–H groups in total. The highest BCUT2D eigenvalue weighted by molar-refractivity contribution is 5.79. The number of hydrogen-bond acceptors (Lipinski definition) is 2. The van der Waals surface area contributed by atoms with Crippen molar-refractivity contribution < 1.29 is 18.0 Å². The molecule has 1 unspecified atom stereocenters. The molecule has 82 valence electrons. The summed E-state index contributed by atoms with van der Waals surface area (Å²) in [5.74, 6) is -0.562. The third-order valence-electron chi connectivity index (χ3n) is 1.54. The van der Waals surface area contributed by atoms with Gasteiger partial charge in [-0.05, 0) is 6.42 Å². The van der Waals surface area contributed by atoms with Gasteiger partial charge < -0.3 is 11.1 Å². The number of amides is 1. The molecule has 0 saturated heterocycles. The SMILES string of the molecule is CCC(NC/C=C/C(F)(F)F)C(N)=O. The van der Waals surface area contributed by atoms with Gasteiger partial charge in [-0.3, -0.25) is 4.79 Å². The summed E-state index contributed by atoms with van der Waals surface area (Å²) >= 11 is 0. The minimum absolute atomic E-state index is 0.0268. The minimum atomic E-state index is -4.31. The van der Waals surface area contributed by atoms with Crippen molar-refractivity contribution in [1.82, 2.24) is 5.32 Å². The van der Waals surface area contributed by atoms with Crippen LogP contribution in [-0.4, -0.2) is 24.7 Å². The van der Waals surface area contributed by atoms with Crippen LogP contribution in [0.25, 0.3) is 0 Å². The van der Waals surface area contributed by atoms with Gasteiger partial charge in [0, 0.05) is 12.6 Å². The van der Waals surface area contributed by atoms with E-state index in [9.17, 15) is 18.0 Å². The second-order valence-electron chi connectivity index (χ2n) is 2.72. The van der Waals surface area contributed by atoms with Gasteiger partial charge in [-0.1, -0.05) is 13.0 Å². The van der Waals surface area contributed by atoms with E-state index >= 15 is 0 Å². The third-order valence-corrected chi connectivity index (χ3v) is 1.54. The zero-order valence-corrected chi connectivity index (χ0v) is 7.77. The standard InChI is InChI=1S/C8H13F3N2O/c1-2-6(7(12)14)13-5-3-4-8(9,10)11/h3-4,6,13H,2,5H2,1H3,(H2,12,14)/b4-3+. The van der Waals surface area contributed by atoms with Crippen molar-refractivity contribution >= 4 is 5.91 Å². The van der Waals surface area contributed by atoms with E-state index < -0.39 is 18.1 Å². The fourth-order valence-electron chi connectivity index (χ4n) is 0.849. The molecule has 0 aromatic rings. The largest absolute Gasteiger partial charge is 0.409 e. The number of carbonyl (C=O) groups is 1. The van der Waals surface area contributed by atoms with Crippen LogP contribution in [-0.2, 0) is 4.79 Å². The molecule has 0 rings (SSSR count). The van der Waals surface area contributed by atoms with Crippen molar-refractivity contribution in [1.29, 1.82) is 0 Å². The van der Waals surface area contributed by atoms with Gasteiger partial charge in [-0.2, -0.15) is 13.2 Å². The summed E-state index contributed by atoms with van der Waals surface area (Å²) in [6, 6.07) is -0.576. The number of allylic oxidation sites excluding steroid dienone is 1. The Morgan fingerprint density at radius 2 is 2.14 bits per heavy atom. The van der Waals surface area contributed by atoms with E-state index in [1.807, 2.05) is 0 Å². The van der Waals surface area contributed by atoms with Crippen LogP contribution in [0.3, 0.4) is 0 Å². The lowest BCUT2D eigenvalue weighted by Crippen LogP contribution is -2.40. The molecule has 0 bridgehead atoms. The normalized spacial score (nSPS) is 14.6. The molecular weight excluding hydrogens is 197 g/mol. The van der Waals surface area contributed by atoms with Crippen LogP contribution >= 0.6 is 0 Å². The Labute approximate surface area is 80.2 Å². The zero-order chi connectivity index (χ0) is 11.2. The lowest BCUT2D eigenvalue weighted by atomic mass is 10.2. The first-order chi connectivity index (χ1) is 6.37. The van der Waals surface area contributed by atoms with Gasteiger partial charge in [0.05, 0.1) is 6.04 Å². The highest BCUT2D eigenvalue weighted by atomic mass is 19.4. The molecule has 0 aromatic carbocycles. The maximum atomic E-state index is 11.6. The van der Waals surface area contributed by atoms with E-state index in [2.05, 4.69) is 5.32 Å². The first kappa shape index (κ1) is 13.0. The Bertz CT molecular complexity index is 213. The summed E-state index contributed by atoms with van der Waals surface area (Å²) in [4.78, 5) is 10.6. The number of nitrogens with two attached hydrogens (primary N) is 1. The first-order valence-electron chi connectivity index (χ1n) is 4.14. The van der Waals surface area contributed by atoms with Crippen molar-refractivity contribution in [3.05, 3.63) is 12.2 Å². The number of carbonyl (C=O) groups excluding carboxylic acids is 1. The molecule has 0 aliphatic heterocycles. The fourth-order valence-corrected chi connectivity index (χ4v) is 0.849. The monoisotopic (exact) mass is 210 g/mol. The van der Waals surface area contributed by atoms with Crippen LogP contribution in [0, 0.1) is 0 Å². The van der Waals surface area contributed by atoms with Crippen LogP contribution in [0.4, 0.5) is 13.2 Å². The predicted molar refractivity (Wildman–Crippen MR) is 46.5 cm³/mol. The lowest BCUT2D eigenvalue weighted by Gasteiger charge is -2.10. The molecule has 3 nitrogen and oxygen atoms in total. The Morgan fingerprint density at radius 3 is 2.50 bits per heavy atom. The molecule has 0 fully saturated rings. The summed E-state index contributed by atoms with van der Waals surface area (Å²) in [6.07, 6.45) is -2.83. The van der Waals surface area contributed by atoms with Gasteiger partial charge >= 0.3 is 6.18 Å². The van der Waals surface area contributed by atoms with Crippen LogP contribution < -0.4 is 11.1 Å². The topological polar surface area (TPSA) is 55.1 Å². The van der Waals surface area contributed by atoms with Gasteiger partial charge in [0.1, 0.15) is 0 Å². The minimum Gasteiger partial charge on any atom is -0.368 e. The van der Waals surface area contributed by atoms with Gasteiger partial charge in [0.2, 0.25) is 5.91 Å². The number of halogens is 3. The van der Waals surface area contributed by atoms with Crippen LogP contribution in [0.2, 0.25) is 0 Å². The summed E-state index contributed by atoms with van der Waals surface area (Å²) in [5.41, 5.74) is 4.97. The zero-order valence-electron chi connectivity index (χ0n) is 7.77. The molecule has 0 aliphatic rings. The van der Waals surface area contributed by atoms with E-state index in [4.69, 9.17) is 5.73 Å².